The lowest BCUT2D eigenvalue weighted by Crippen LogP contribution is -2.47. The van der Waals surface area contributed by atoms with Gasteiger partial charge in [0.15, 0.2) is 5.96 Å². The molecule has 0 radical (unpaired) electrons. The van der Waals surface area contributed by atoms with Crippen molar-refractivity contribution in [2.75, 3.05) is 54.4 Å². The summed E-state index contributed by atoms with van der Waals surface area (Å²) in [6, 6.07) is 0. The highest BCUT2D eigenvalue weighted by molar-refractivity contribution is 14.0. The van der Waals surface area contributed by atoms with E-state index >= 15 is 0 Å². The molecule has 7 heteroatoms. The van der Waals surface area contributed by atoms with Gasteiger partial charge in [0.05, 0.1) is 0 Å². The van der Waals surface area contributed by atoms with Crippen LogP contribution in [0.4, 0.5) is 0 Å². The van der Waals surface area contributed by atoms with E-state index in [1.165, 1.54) is 25.7 Å². The van der Waals surface area contributed by atoms with Gasteiger partial charge in [-0.25, -0.2) is 4.99 Å². The first-order valence-electron chi connectivity index (χ1n) is 9.11. The summed E-state index contributed by atoms with van der Waals surface area (Å²) in [6.45, 7) is 7.36. The number of nitrogens with zero attached hydrogens (tertiary/aromatic N) is 3. The van der Waals surface area contributed by atoms with Gasteiger partial charge in [-0.1, -0.05) is 26.7 Å². The number of carbonyl (C=O) groups is 1. The van der Waals surface area contributed by atoms with Crippen molar-refractivity contribution in [2.45, 2.75) is 39.5 Å². The van der Waals surface area contributed by atoms with Crippen molar-refractivity contribution in [3.8, 4) is 0 Å². The summed E-state index contributed by atoms with van der Waals surface area (Å²) >= 11 is 0. The third-order valence-electron chi connectivity index (χ3n) is 4.50. The topological polar surface area (TPSA) is 60.0 Å². The number of likely N-dealkylation sites (N-methyl/N-ethyl adjacent to an activating group) is 1. The summed E-state index contributed by atoms with van der Waals surface area (Å²) in [5.41, 5.74) is 0.315. The maximum absolute atomic E-state index is 11.8. The molecular formula is C18H38IN5O. The van der Waals surface area contributed by atoms with Gasteiger partial charge in [-0.05, 0) is 32.9 Å². The fourth-order valence-corrected chi connectivity index (χ4v) is 3.22. The lowest BCUT2D eigenvalue weighted by molar-refractivity contribution is -0.127. The summed E-state index contributed by atoms with van der Waals surface area (Å²) in [5, 5.41) is 6.86. The van der Waals surface area contributed by atoms with E-state index in [2.05, 4.69) is 48.5 Å². The van der Waals surface area contributed by atoms with Crippen molar-refractivity contribution in [3.63, 3.8) is 0 Å². The highest BCUT2D eigenvalue weighted by atomic mass is 127. The molecule has 0 bridgehead atoms. The summed E-state index contributed by atoms with van der Waals surface area (Å²) in [4.78, 5) is 20.1. The van der Waals surface area contributed by atoms with Crippen LogP contribution in [0.25, 0.3) is 0 Å². The van der Waals surface area contributed by atoms with Gasteiger partial charge < -0.3 is 20.4 Å². The highest BCUT2D eigenvalue weighted by Gasteiger charge is 2.34. The first-order chi connectivity index (χ1) is 11.2. The smallest absolute Gasteiger partial charge is 0.243 e. The van der Waals surface area contributed by atoms with Gasteiger partial charge in [-0.3, -0.25) is 4.79 Å². The molecule has 1 fully saturated rings. The second-order valence-corrected chi connectivity index (χ2v) is 8.03. The largest absolute Gasteiger partial charge is 0.356 e. The van der Waals surface area contributed by atoms with Crippen LogP contribution in [0.1, 0.15) is 39.5 Å². The lowest BCUT2D eigenvalue weighted by atomic mass is 9.85. The molecule has 1 saturated carbocycles. The van der Waals surface area contributed by atoms with Crippen LogP contribution in [0.2, 0.25) is 0 Å². The van der Waals surface area contributed by atoms with Gasteiger partial charge in [-0.15, -0.1) is 24.0 Å². The summed E-state index contributed by atoms with van der Waals surface area (Å²) in [7, 11) is 7.80. The molecular weight excluding hydrogens is 429 g/mol. The van der Waals surface area contributed by atoms with Crippen molar-refractivity contribution in [3.05, 3.63) is 0 Å². The van der Waals surface area contributed by atoms with Crippen LogP contribution in [0.3, 0.4) is 0 Å². The van der Waals surface area contributed by atoms with Crippen LogP contribution in [0, 0.1) is 11.3 Å². The predicted molar refractivity (Wildman–Crippen MR) is 117 cm³/mol. The molecule has 148 valence electrons. The molecule has 0 saturated heterocycles. The van der Waals surface area contributed by atoms with Gasteiger partial charge in [0.2, 0.25) is 5.91 Å². The molecule has 0 unspecified atom stereocenters. The Morgan fingerprint density at radius 3 is 2.20 bits per heavy atom. The molecule has 0 aliphatic heterocycles. The predicted octanol–water partition coefficient (Wildman–Crippen LogP) is 2.01. The fourth-order valence-electron chi connectivity index (χ4n) is 3.22. The Bertz CT molecular complexity index is 418. The minimum atomic E-state index is 0. The molecule has 1 aliphatic rings. The molecule has 1 amide bonds. The van der Waals surface area contributed by atoms with E-state index in [-0.39, 0.29) is 36.4 Å². The zero-order valence-corrected chi connectivity index (χ0v) is 19.2. The van der Waals surface area contributed by atoms with Crippen LogP contribution in [0.15, 0.2) is 4.99 Å². The van der Waals surface area contributed by atoms with Crippen LogP contribution in [0.5, 0.6) is 0 Å². The Hall–Kier alpha value is -0.570. The number of hydrogen-bond acceptors (Lipinski definition) is 3. The third kappa shape index (κ3) is 9.63. The van der Waals surface area contributed by atoms with E-state index in [9.17, 15) is 4.79 Å². The van der Waals surface area contributed by atoms with E-state index in [1.807, 2.05) is 0 Å². The molecule has 0 aromatic heterocycles. The lowest BCUT2D eigenvalue weighted by Gasteiger charge is -2.33. The van der Waals surface area contributed by atoms with Crippen LogP contribution >= 0.6 is 24.0 Å². The second-order valence-electron chi connectivity index (χ2n) is 8.03. The van der Waals surface area contributed by atoms with Crippen molar-refractivity contribution in [1.82, 2.24) is 20.4 Å². The third-order valence-corrected chi connectivity index (χ3v) is 4.50. The van der Waals surface area contributed by atoms with E-state index in [0.29, 0.717) is 11.3 Å². The number of guanidine groups is 1. The Balaban J connectivity index is 0.00000576. The number of carbonyl (C=O) groups excluding carboxylic acids is 1. The standard InChI is InChI=1S/C18H37N5O.HI/c1-15(2)11-19-17(20-12-16(24)23(5)6)21-13-18(14-22(3)4)9-7-8-10-18;/h15H,7-14H2,1-6H3,(H2,19,20,21);1H. The molecule has 25 heavy (non-hydrogen) atoms. The number of aliphatic imine (C=N–C) groups is 1. The average molecular weight is 467 g/mol. The molecule has 0 aromatic rings. The number of amides is 1. The van der Waals surface area contributed by atoms with E-state index in [4.69, 9.17) is 0 Å². The van der Waals surface area contributed by atoms with E-state index in [1.54, 1.807) is 19.0 Å². The van der Waals surface area contributed by atoms with Crippen molar-refractivity contribution >= 4 is 35.8 Å². The molecule has 2 N–H and O–H groups in total. The number of nitrogens with one attached hydrogen (secondary N) is 2. The number of rotatable bonds is 8. The fraction of sp³-hybridized carbons (Fsp3) is 0.889. The number of halogens is 1. The summed E-state index contributed by atoms with van der Waals surface area (Å²) in [5.74, 6) is 1.30. The van der Waals surface area contributed by atoms with E-state index in [0.717, 1.165) is 25.6 Å². The maximum Gasteiger partial charge on any atom is 0.243 e. The minimum absolute atomic E-state index is 0. The van der Waals surface area contributed by atoms with Crippen molar-refractivity contribution in [2.24, 2.45) is 16.3 Å². The van der Waals surface area contributed by atoms with E-state index < -0.39 is 0 Å². The first-order valence-corrected chi connectivity index (χ1v) is 9.11. The Morgan fingerprint density at radius 2 is 1.72 bits per heavy atom. The van der Waals surface area contributed by atoms with Gasteiger partial charge in [0, 0.05) is 39.1 Å². The van der Waals surface area contributed by atoms with Crippen molar-refractivity contribution in [1.29, 1.82) is 0 Å². The SMILES string of the molecule is CC(C)CNC(=NCC(=O)N(C)C)NCC1(CN(C)C)CCCC1.I. The normalized spacial score (nSPS) is 16.7. The second kappa shape index (κ2) is 11.9. The molecule has 1 aliphatic carbocycles. The van der Waals surface area contributed by atoms with Gasteiger partial charge in [0.1, 0.15) is 6.54 Å². The zero-order valence-electron chi connectivity index (χ0n) is 16.9. The monoisotopic (exact) mass is 467 g/mol. The molecule has 0 heterocycles. The summed E-state index contributed by atoms with van der Waals surface area (Å²) < 4.78 is 0. The van der Waals surface area contributed by atoms with Crippen molar-refractivity contribution < 1.29 is 4.79 Å². The van der Waals surface area contributed by atoms with Crippen LogP contribution < -0.4 is 10.6 Å². The zero-order chi connectivity index (χ0) is 18.2. The molecule has 1 rings (SSSR count). The minimum Gasteiger partial charge on any atom is -0.356 e. The highest BCUT2D eigenvalue weighted by Crippen LogP contribution is 2.37. The number of hydrogen-bond donors (Lipinski definition) is 2. The Kier molecular flexibility index (Phi) is 11.7. The van der Waals surface area contributed by atoms with Gasteiger partial charge >= 0.3 is 0 Å². The first kappa shape index (κ1) is 24.4. The molecule has 6 nitrogen and oxygen atoms in total. The molecule has 0 atom stereocenters. The van der Waals surface area contributed by atoms with Gasteiger partial charge in [-0.2, -0.15) is 0 Å². The quantitative estimate of drug-likeness (QED) is 0.326. The van der Waals surface area contributed by atoms with Crippen LogP contribution in [-0.4, -0.2) is 76.0 Å². The average Bonchev–Trinajstić information content (AvgIpc) is 2.93. The molecule has 0 spiro atoms. The van der Waals surface area contributed by atoms with Gasteiger partial charge in [0.25, 0.3) is 0 Å². The Labute approximate surface area is 171 Å². The summed E-state index contributed by atoms with van der Waals surface area (Å²) in [6.07, 6.45) is 5.12. The Morgan fingerprint density at radius 1 is 1.12 bits per heavy atom. The van der Waals surface area contributed by atoms with Crippen LogP contribution in [-0.2, 0) is 4.79 Å². The maximum atomic E-state index is 11.8. The molecule has 0 aromatic carbocycles.